The fraction of sp³-hybridized carbons (Fsp3) is 0.706. The first-order valence-corrected chi connectivity index (χ1v) is 8.57. The standard InChI is InChI=1S/C17H26N4/c1-2-4-13(3-1)10-20-17-9-15(6-8-19-17)21-11-14-5-7-18-16(14)12-21/h6,8-9,13-14,16,18H,1-5,7,10-12H2,(H,19,20)/t14-,16+/m1/s1. The van der Waals surface area contributed by atoms with Gasteiger partial charge in [-0.15, -0.1) is 0 Å². The molecule has 3 aliphatic rings. The molecule has 1 saturated carbocycles. The van der Waals surface area contributed by atoms with Gasteiger partial charge in [0, 0.05) is 43.6 Å². The second-order valence-corrected chi connectivity index (χ2v) is 6.95. The molecule has 1 aromatic rings. The van der Waals surface area contributed by atoms with Crippen molar-refractivity contribution >= 4 is 11.5 Å². The van der Waals surface area contributed by atoms with Crippen molar-refractivity contribution in [1.29, 1.82) is 0 Å². The Kier molecular flexibility index (Phi) is 3.72. The van der Waals surface area contributed by atoms with Crippen molar-refractivity contribution in [2.45, 2.75) is 38.1 Å². The molecule has 2 saturated heterocycles. The van der Waals surface area contributed by atoms with E-state index in [1.807, 2.05) is 6.20 Å². The van der Waals surface area contributed by atoms with Gasteiger partial charge in [-0.1, -0.05) is 12.8 Å². The molecule has 4 rings (SSSR count). The lowest BCUT2D eigenvalue weighted by Crippen LogP contribution is -2.30. The fourth-order valence-corrected chi connectivity index (χ4v) is 4.24. The minimum absolute atomic E-state index is 0.702. The highest BCUT2D eigenvalue weighted by molar-refractivity contribution is 5.55. The maximum atomic E-state index is 4.49. The highest BCUT2D eigenvalue weighted by atomic mass is 15.2. The average Bonchev–Trinajstić information content (AvgIpc) is 3.22. The van der Waals surface area contributed by atoms with E-state index in [0.717, 1.165) is 30.7 Å². The summed E-state index contributed by atoms with van der Waals surface area (Å²) >= 11 is 0. The number of anilines is 2. The second-order valence-electron chi connectivity index (χ2n) is 6.95. The molecule has 3 heterocycles. The van der Waals surface area contributed by atoms with E-state index >= 15 is 0 Å². The Morgan fingerprint density at radius 2 is 2.14 bits per heavy atom. The normalized spacial score (nSPS) is 29.0. The third-order valence-corrected chi connectivity index (χ3v) is 5.52. The summed E-state index contributed by atoms with van der Waals surface area (Å²) in [6.07, 6.45) is 8.86. The van der Waals surface area contributed by atoms with Crippen LogP contribution in [0.2, 0.25) is 0 Å². The molecular formula is C17H26N4. The summed E-state index contributed by atoms with van der Waals surface area (Å²) in [5, 5.41) is 7.17. The lowest BCUT2D eigenvalue weighted by molar-refractivity contribution is 0.556. The molecule has 2 N–H and O–H groups in total. The molecule has 114 valence electrons. The van der Waals surface area contributed by atoms with Gasteiger partial charge in [0.25, 0.3) is 0 Å². The first-order valence-electron chi connectivity index (χ1n) is 8.57. The van der Waals surface area contributed by atoms with Gasteiger partial charge in [0.05, 0.1) is 0 Å². The molecule has 4 heteroatoms. The molecule has 0 bridgehead atoms. The Balaban J connectivity index is 1.38. The third kappa shape index (κ3) is 2.86. The van der Waals surface area contributed by atoms with Crippen molar-refractivity contribution in [3.8, 4) is 0 Å². The number of rotatable bonds is 4. The smallest absolute Gasteiger partial charge is 0.127 e. The van der Waals surface area contributed by atoms with Crippen LogP contribution in [0.4, 0.5) is 11.5 Å². The minimum atomic E-state index is 0.702. The predicted octanol–water partition coefficient (Wildman–Crippen LogP) is 2.48. The summed E-state index contributed by atoms with van der Waals surface area (Å²) in [7, 11) is 0. The number of fused-ring (bicyclic) bond motifs is 1. The van der Waals surface area contributed by atoms with Crippen molar-refractivity contribution in [3.63, 3.8) is 0 Å². The zero-order chi connectivity index (χ0) is 14.1. The van der Waals surface area contributed by atoms with Crippen LogP contribution >= 0.6 is 0 Å². The van der Waals surface area contributed by atoms with Crippen LogP contribution < -0.4 is 15.5 Å². The van der Waals surface area contributed by atoms with Crippen LogP contribution in [0.3, 0.4) is 0 Å². The number of hydrogen-bond acceptors (Lipinski definition) is 4. The summed E-state index contributed by atoms with van der Waals surface area (Å²) in [5.41, 5.74) is 1.33. The van der Waals surface area contributed by atoms with Gasteiger partial charge in [-0.05, 0) is 43.7 Å². The average molecular weight is 286 g/mol. The molecule has 1 aliphatic carbocycles. The molecule has 0 aromatic carbocycles. The van der Waals surface area contributed by atoms with Gasteiger partial charge in [-0.25, -0.2) is 4.98 Å². The van der Waals surface area contributed by atoms with Crippen LogP contribution in [0.25, 0.3) is 0 Å². The van der Waals surface area contributed by atoms with E-state index in [1.165, 1.54) is 50.9 Å². The third-order valence-electron chi connectivity index (χ3n) is 5.52. The van der Waals surface area contributed by atoms with E-state index in [-0.39, 0.29) is 0 Å². The Morgan fingerprint density at radius 1 is 1.24 bits per heavy atom. The summed E-state index contributed by atoms with van der Waals surface area (Å²) < 4.78 is 0. The Hall–Kier alpha value is -1.29. The van der Waals surface area contributed by atoms with Crippen LogP contribution in [0, 0.1) is 11.8 Å². The van der Waals surface area contributed by atoms with Crippen molar-refractivity contribution in [1.82, 2.24) is 10.3 Å². The van der Waals surface area contributed by atoms with Gasteiger partial charge in [0.2, 0.25) is 0 Å². The van der Waals surface area contributed by atoms with Crippen molar-refractivity contribution in [2.24, 2.45) is 11.8 Å². The molecule has 0 amide bonds. The van der Waals surface area contributed by atoms with Crippen molar-refractivity contribution in [2.75, 3.05) is 36.4 Å². The monoisotopic (exact) mass is 286 g/mol. The highest BCUT2D eigenvalue weighted by Gasteiger charge is 2.35. The number of aromatic nitrogens is 1. The Bertz CT molecular complexity index is 471. The largest absolute Gasteiger partial charge is 0.370 e. The lowest BCUT2D eigenvalue weighted by atomic mass is 10.1. The second kappa shape index (κ2) is 5.84. The number of nitrogens with zero attached hydrogens (tertiary/aromatic N) is 2. The van der Waals surface area contributed by atoms with E-state index in [0.29, 0.717) is 6.04 Å². The summed E-state index contributed by atoms with van der Waals surface area (Å²) in [6.45, 7) is 4.64. The molecular weight excluding hydrogens is 260 g/mol. The van der Waals surface area contributed by atoms with E-state index < -0.39 is 0 Å². The van der Waals surface area contributed by atoms with E-state index in [9.17, 15) is 0 Å². The highest BCUT2D eigenvalue weighted by Crippen LogP contribution is 2.30. The summed E-state index contributed by atoms with van der Waals surface area (Å²) in [4.78, 5) is 7.01. The van der Waals surface area contributed by atoms with Gasteiger partial charge in [-0.2, -0.15) is 0 Å². The van der Waals surface area contributed by atoms with Crippen LogP contribution in [0.1, 0.15) is 32.1 Å². The van der Waals surface area contributed by atoms with Crippen LogP contribution in [0.15, 0.2) is 18.3 Å². The maximum absolute atomic E-state index is 4.49. The first kappa shape index (κ1) is 13.4. The van der Waals surface area contributed by atoms with E-state index in [1.54, 1.807) is 0 Å². The predicted molar refractivity (Wildman–Crippen MR) is 86.8 cm³/mol. The molecule has 0 radical (unpaired) electrons. The minimum Gasteiger partial charge on any atom is -0.370 e. The van der Waals surface area contributed by atoms with Crippen molar-refractivity contribution in [3.05, 3.63) is 18.3 Å². The van der Waals surface area contributed by atoms with Crippen LogP contribution in [-0.2, 0) is 0 Å². The van der Waals surface area contributed by atoms with Gasteiger partial charge in [-0.3, -0.25) is 0 Å². The molecule has 3 fully saturated rings. The summed E-state index contributed by atoms with van der Waals surface area (Å²) in [6, 6.07) is 5.09. The topological polar surface area (TPSA) is 40.2 Å². The summed E-state index contributed by atoms with van der Waals surface area (Å²) in [5.74, 6) is 2.74. The SMILES string of the molecule is c1cc(N2C[C@H]3CCN[C@H]3C2)cc(NCC2CCCC2)n1. The first-order chi connectivity index (χ1) is 10.4. The lowest BCUT2D eigenvalue weighted by Gasteiger charge is -2.20. The number of pyridine rings is 1. The van der Waals surface area contributed by atoms with E-state index in [4.69, 9.17) is 0 Å². The quantitative estimate of drug-likeness (QED) is 0.892. The molecule has 2 aliphatic heterocycles. The van der Waals surface area contributed by atoms with Gasteiger partial charge < -0.3 is 15.5 Å². The maximum Gasteiger partial charge on any atom is 0.127 e. The zero-order valence-electron chi connectivity index (χ0n) is 12.7. The van der Waals surface area contributed by atoms with Crippen LogP contribution in [0.5, 0.6) is 0 Å². The number of hydrogen-bond donors (Lipinski definition) is 2. The fourth-order valence-electron chi connectivity index (χ4n) is 4.24. The van der Waals surface area contributed by atoms with E-state index in [2.05, 4.69) is 32.7 Å². The number of nitrogens with one attached hydrogen (secondary N) is 2. The molecule has 0 spiro atoms. The van der Waals surface area contributed by atoms with Crippen molar-refractivity contribution < 1.29 is 0 Å². The molecule has 2 atom stereocenters. The molecule has 21 heavy (non-hydrogen) atoms. The molecule has 0 unspecified atom stereocenters. The van der Waals surface area contributed by atoms with Gasteiger partial charge in [0.15, 0.2) is 0 Å². The Labute approximate surface area is 127 Å². The van der Waals surface area contributed by atoms with Gasteiger partial charge in [0.1, 0.15) is 5.82 Å². The van der Waals surface area contributed by atoms with Crippen LogP contribution in [-0.4, -0.2) is 37.2 Å². The van der Waals surface area contributed by atoms with Gasteiger partial charge >= 0.3 is 0 Å². The molecule has 1 aromatic heterocycles. The zero-order valence-corrected chi connectivity index (χ0v) is 12.7. The Morgan fingerprint density at radius 3 is 3.00 bits per heavy atom. The molecule has 4 nitrogen and oxygen atoms in total.